The summed E-state index contributed by atoms with van der Waals surface area (Å²) in [6.07, 6.45) is 14.6. The van der Waals surface area contributed by atoms with Crippen LogP contribution in [0.3, 0.4) is 0 Å². The van der Waals surface area contributed by atoms with Gasteiger partial charge in [-0.3, -0.25) is 24.9 Å². The van der Waals surface area contributed by atoms with E-state index in [1.54, 1.807) is 24.8 Å². The highest BCUT2D eigenvalue weighted by atomic mass is 14.9. The van der Waals surface area contributed by atoms with Crippen LogP contribution in [0.5, 0.6) is 0 Å². The van der Waals surface area contributed by atoms with Crippen LogP contribution in [-0.2, 0) is 0 Å². The minimum Gasteiger partial charge on any atom is -0.361 e. The molecule has 16 nitrogen and oxygen atoms in total. The Morgan fingerprint density at radius 3 is 1.45 bits per heavy atom. The maximum atomic E-state index is 5.50. The molecule has 8 bridgehead atoms. The Morgan fingerprint density at radius 2 is 0.800 bits per heavy atom. The molecule has 368 valence electrons. The molecule has 4 N–H and O–H groups in total. The molecule has 80 heavy (non-hydrogen) atoms. The van der Waals surface area contributed by atoms with Gasteiger partial charge in [0, 0.05) is 96.2 Å². The van der Waals surface area contributed by atoms with Crippen LogP contribution >= 0.6 is 0 Å². The van der Waals surface area contributed by atoms with Crippen molar-refractivity contribution in [2.24, 2.45) is 0 Å². The summed E-state index contributed by atoms with van der Waals surface area (Å²) in [6, 6.07) is 41.7. The molecule has 0 saturated carbocycles. The van der Waals surface area contributed by atoms with Crippen LogP contribution < -0.4 is 0 Å². The third-order valence-electron chi connectivity index (χ3n) is 16.0. The van der Waals surface area contributed by atoms with E-state index in [4.69, 9.17) is 54.8 Å². The van der Waals surface area contributed by atoms with Gasteiger partial charge in [-0.15, -0.1) is 0 Å². The molecular weight excluding hydrogens is 993 g/mol. The molecule has 0 unspecified atom stereocenters. The number of nitrogens with zero attached hydrogens (tertiary/aromatic N) is 12. The molecule has 0 atom stereocenters. The second-order valence-corrected chi connectivity index (χ2v) is 20.5. The van der Waals surface area contributed by atoms with Crippen molar-refractivity contribution >= 4 is 164 Å². The van der Waals surface area contributed by atoms with Crippen molar-refractivity contribution < 1.29 is 0 Å². The topological polar surface area (TPSA) is 218 Å². The van der Waals surface area contributed by atoms with Crippen LogP contribution in [0.2, 0.25) is 0 Å². The summed E-state index contributed by atoms with van der Waals surface area (Å²) in [6.45, 7) is 0. The first-order chi connectivity index (χ1) is 39.6. The summed E-state index contributed by atoms with van der Waals surface area (Å²) in [4.78, 5) is 76.4. The van der Waals surface area contributed by atoms with E-state index in [1.807, 2.05) is 49.1 Å². The fourth-order valence-corrected chi connectivity index (χ4v) is 12.4. The van der Waals surface area contributed by atoms with E-state index < -0.39 is 0 Å². The number of benzene rings is 6. The highest BCUT2D eigenvalue weighted by Gasteiger charge is 2.22. The smallest absolute Gasteiger partial charge is 0.109 e. The lowest BCUT2D eigenvalue weighted by atomic mass is 10.0. The maximum Gasteiger partial charge on any atom is 0.109 e. The van der Waals surface area contributed by atoms with Crippen LogP contribution in [0.15, 0.2) is 171 Å². The van der Waals surface area contributed by atoms with Crippen molar-refractivity contribution in [3.05, 3.63) is 171 Å². The van der Waals surface area contributed by atoms with Gasteiger partial charge in [0.1, 0.15) is 38.8 Å². The average molecular weight is 1030 g/mol. The maximum absolute atomic E-state index is 5.50. The molecule has 0 radical (unpaired) electrons. The minimum absolute atomic E-state index is 0.535. The van der Waals surface area contributed by atoms with Crippen molar-refractivity contribution in [2.75, 3.05) is 0 Å². The Labute approximate surface area is 446 Å². The van der Waals surface area contributed by atoms with Gasteiger partial charge in [-0.2, -0.15) is 0 Å². The summed E-state index contributed by atoms with van der Waals surface area (Å²) in [5.41, 5.74) is 19.8. The van der Waals surface area contributed by atoms with Gasteiger partial charge < -0.3 is 19.9 Å². The lowest BCUT2D eigenvalue weighted by molar-refractivity contribution is 1.27. The van der Waals surface area contributed by atoms with Gasteiger partial charge in [-0.05, 0) is 72.8 Å². The largest absolute Gasteiger partial charge is 0.361 e. The predicted octanol–water partition coefficient (Wildman–Crippen LogP) is 14.0. The Bertz CT molecular complexity index is 5970. The van der Waals surface area contributed by atoms with Crippen molar-refractivity contribution in [1.29, 1.82) is 0 Å². The molecular formula is C64H32N16. The van der Waals surface area contributed by atoms with E-state index in [0.717, 1.165) is 121 Å². The number of H-pyrrole nitrogens is 4. The Hall–Kier alpha value is -11.5. The quantitative estimate of drug-likeness (QED) is 0.0960. The monoisotopic (exact) mass is 1020 g/mol. The Morgan fingerprint density at radius 1 is 0.287 bits per heavy atom. The molecule has 0 aliphatic heterocycles. The van der Waals surface area contributed by atoms with Crippen molar-refractivity contribution in [1.82, 2.24) is 79.7 Å². The van der Waals surface area contributed by atoms with Gasteiger partial charge in [-0.1, -0.05) is 48.5 Å². The number of hydrogen-bond donors (Lipinski definition) is 4. The molecule has 0 aliphatic carbocycles. The zero-order valence-electron chi connectivity index (χ0n) is 41.5. The fourth-order valence-electron chi connectivity index (χ4n) is 12.4. The van der Waals surface area contributed by atoms with E-state index in [1.165, 1.54) is 0 Å². The number of aromatic amines is 4. The molecule has 16 heteroatoms. The molecule has 0 fully saturated rings. The van der Waals surface area contributed by atoms with E-state index >= 15 is 0 Å². The number of nitrogens with one attached hydrogen (secondary N) is 4. The lowest BCUT2D eigenvalue weighted by Gasteiger charge is -2.11. The lowest BCUT2D eigenvalue weighted by Crippen LogP contribution is -1.96. The Balaban J connectivity index is 0.813. The zero-order chi connectivity index (χ0) is 51.9. The van der Waals surface area contributed by atoms with Crippen LogP contribution in [0, 0.1) is 0 Å². The third kappa shape index (κ3) is 5.76. The summed E-state index contributed by atoms with van der Waals surface area (Å²) in [5, 5.41) is 9.53. The molecule has 0 spiro atoms. The first-order valence-corrected chi connectivity index (χ1v) is 26.1. The van der Waals surface area contributed by atoms with Gasteiger partial charge in [-0.25, -0.2) is 34.9 Å². The number of pyridine rings is 4. The predicted molar refractivity (Wildman–Crippen MR) is 316 cm³/mol. The first-order valence-electron chi connectivity index (χ1n) is 26.1. The second kappa shape index (κ2) is 15.1. The molecule has 6 aromatic carbocycles. The van der Waals surface area contributed by atoms with E-state index in [0.29, 0.717) is 77.3 Å². The summed E-state index contributed by atoms with van der Waals surface area (Å²) < 4.78 is 0. The minimum atomic E-state index is 0.535. The Kier molecular flexibility index (Phi) is 7.88. The number of fused-ring (bicyclic) bond motifs is 18. The van der Waals surface area contributed by atoms with Gasteiger partial charge in [0.05, 0.1) is 113 Å². The number of hydrogen-bond acceptors (Lipinski definition) is 12. The summed E-state index contributed by atoms with van der Waals surface area (Å²) in [7, 11) is 0. The molecule has 13 heterocycles. The molecule has 0 aliphatic rings. The van der Waals surface area contributed by atoms with Gasteiger partial charge in [0.2, 0.25) is 0 Å². The van der Waals surface area contributed by atoms with Crippen LogP contribution in [-0.4, -0.2) is 79.7 Å². The van der Waals surface area contributed by atoms with E-state index in [2.05, 4.69) is 122 Å². The summed E-state index contributed by atoms with van der Waals surface area (Å²) >= 11 is 0. The zero-order valence-corrected chi connectivity index (χ0v) is 41.5. The molecule has 19 rings (SSSR count). The number of aromatic nitrogens is 16. The average Bonchev–Trinajstić information content (AvgIpc) is 4.47. The van der Waals surface area contributed by atoms with Crippen LogP contribution in [0.4, 0.5) is 0 Å². The normalized spacial score (nSPS) is 12.5. The first kappa shape index (κ1) is 41.7. The highest BCUT2D eigenvalue weighted by molar-refractivity contribution is 6.21. The van der Waals surface area contributed by atoms with Gasteiger partial charge in [0.15, 0.2) is 0 Å². The molecule has 0 amide bonds. The second-order valence-electron chi connectivity index (χ2n) is 20.5. The van der Waals surface area contributed by atoms with Crippen molar-refractivity contribution in [3.63, 3.8) is 0 Å². The fraction of sp³-hybridized carbons (Fsp3) is 0. The SMILES string of the molecule is c1cnc2c(cc3ncc4nc3c2c2ccc3ccc5ccc(nc5c3n2)c2c3ncc(-c5cc6c(-c7ccc8ccc9ccc(-c%10c%11cc[nH]c%11cc%11cc[nH]c%10%11)nc9c8n7)c7[nH]ccc7cc6[nH]5)nc3cc3ncc4nc32)n1. The van der Waals surface area contributed by atoms with Crippen molar-refractivity contribution in [2.45, 2.75) is 0 Å². The molecule has 0 saturated heterocycles. The molecule has 13 aromatic heterocycles. The van der Waals surface area contributed by atoms with Crippen LogP contribution in [0.25, 0.3) is 198 Å². The molecule has 19 aromatic rings. The number of rotatable bonds is 3. The standard InChI is InChI=1S/C64H32N16/c1-2-30-6-10-38(76-58(30)57-29(1)5-9-37(75-57)51-35-15-18-65-41(35)21-33-13-16-67-55(33)51)52-36-23-43(73-42(36)22-34-14-17-68-56(34)52)48-28-72-62-47(74-48)25-46-64-54(62)40-12-8-32-4-3-31-7-11-39(77-59(31)60(32)78-40)53-61-44(66-19-20-69-61)24-45-63(53)79-49(26-70-45)50(80-64)27-71-46/h1-28,65,67-68,73H. The highest BCUT2D eigenvalue weighted by Crippen LogP contribution is 2.41. The van der Waals surface area contributed by atoms with Crippen molar-refractivity contribution in [3.8, 4) is 33.9 Å². The third-order valence-corrected chi connectivity index (χ3v) is 16.0. The van der Waals surface area contributed by atoms with E-state index in [9.17, 15) is 0 Å². The van der Waals surface area contributed by atoms with Crippen LogP contribution in [0.1, 0.15) is 0 Å². The van der Waals surface area contributed by atoms with Gasteiger partial charge >= 0.3 is 0 Å². The summed E-state index contributed by atoms with van der Waals surface area (Å²) in [5.74, 6) is 0. The van der Waals surface area contributed by atoms with E-state index in [-0.39, 0.29) is 0 Å². The van der Waals surface area contributed by atoms with Gasteiger partial charge in [0.25, 0.3) is 0 Å².